The Labute approximate surface area is 179 Å². The second-order valence-corrected chi connectivity index (χ2v) is 6.60. The third kappa shape index (κ3) is 6.09. The first-order valence-electron chi connectivity index (χ1n) is 9.28. The molecule has 0 aliphatic carbocycles. The van der Waals surface area contributed by atoms with Gasteiger partial charge in [0.25, 0.3) is 0 Å². The lowest BCUT2D eigenvalue weighted by Crippen LogP contribution is -2.48. The minimum absolute atomic E-state index is 0.0379. The predicted octanol–water partition coefficient (Wildman–Crippen LogP) is 2.14. The van der Waals surface area contributed by atoms with Crippen molar-refractivity contribution in [2.24, 2.45) is 0 Å². The Kier molecular flexibility index (Phi) is 6.80. The van der Waals surface area contributed by atoms with Gasteiger partial charge in [0.2, 0.25) is 11.9 Å². The van der Waals surface area contributed by atoms with Crippen LogP contribution in [0.5, 0.6) is 6.01 Å². The Hall–Kier alpha value is -3.84. The van der Waals surface area contributed by atoms with Crippen molar-refractivity contribution in [1.82, 2.24) is 19.9 Å². The molecule has 0 unspecified atom stereocenters. The molecule has 2 heterocycles. The zero-order valence-corrected chi connectivity index (χ0v) is 16.8. The monoisotopic (exact) mass is 456 g/mol. The van der Waals surface area contributed by atoms with Crippen molar-refractivity contribution >= 4 is 29.6 Å². The minimum atomic E-state index is -4.59. The van der Waals surface area contributed by atoms with Crippen molar-refractivity contribution in [1.29, 1.82) is 0 Å². The van der Waals surface area contributed by atoms with Crippen LogP contribution in [0.4, 0.5) is 35.5 Å². The molecule has 1 aromatic carbocycles. The smallest absolute Gasteiger partial charge is 0.422 e. The molecular weight excluding hydrogens is 437 g/mol. The number of ether oxygens (including phenoxy) is 2. The lowest BCUT2D eigenvalue weighted by molar-refractivity contribution is -0.154. The summed E-state index contributed by atoms with van der Waals surface area (Å²) < 4.78 is 47.0. The highest BCUT2D eigenvalue weighted by atomic mass is 19.4. The molecule has 2 N–H and O–H groups in total. The van der Waals surface area contributed by atoms with Gasteiger partial charge in [-0.2, -0.15) is 28.1 Å². The summed E-state index contributed by atoms with van der Waals surface area (Å²) in [5, 5.41) is 11.9. The molecule has 1 aliphatic rings. The van der Waals surface area contributed by atoms with Crippen molar-refractivity contribution in [3.8, 4) is 6.01 Å². The number of aromatic nitrogens is 3. The summed E-state index contributed by atoms with van der Waals surface area (Å²) in [6.45, 7) is -0.754. The number of nitrogens with one attached hydrogen (secondary N) is 1. The van der Waals surface area contributed by atoms with Gasteiger partial charge in [0.15, 0.2) is 6.61 Å². The van der Waals surface area contributed by atoms with Gasteiger partial charge in [-0.1, -0.05) is 0 Å². The molecular formula is C18H19F3N6O5. The van der Waals surface area contributed by atoms with E-state index < -0.39 is 30.9 Å². The number of hydrogen-bond donors (Lipinski definition) is 2. The van der Waals surface area contributed by atoms with E-state index in [2.05, 4.69) is 29.7 Å². The molecule has 1 aromatic heterocycles. The number of benzene rings is 1. The number of carbonyl (C=O) groups excluding carboxylic acids is 1. The van der Waals surface area contributed by atoms with Gasteiger partial charge in [-0.15, -0.1) is 0 Å². The largest absolute Gasteiger partial charge is 0.465 e. The summed E-state index contributed by atoms with van der Waals surface area (Å²) in [5.41, 5.74) is 0.757. The van der Waals surface area contributed by atoms with Crippen molar-refractivity contribution in [3.05, 3.63) is 29.8 Å². The van der Waals surface area contributed by atoms with Gasteiger partial charge >= 0.3 is 24.2 Å². The van der Waals surface area contributed by atoms with Crippen LogP contribution >= 0.6 is 0 Å². The van der Waals surface area contributed by atoms with Gasteiger partial charge < -0.3 is 29.7 Å². The highest BCUT2D eigenvalue weighted by molar-refractivity contribution is 5.89. The van der Waals surface area contributed by atoms with E-state index in [0.717, 1.165) is 0 Å². The Morgan fingerprint density at radius 1 is 1.09 bits per heavy atom. The lowest BCUT2D eigenvalue weighted by Gasteiger charge is -2.33. The van der Waals surface area contributed by atoms with Crippen molar-refractivity contribution in [2.75, 3.05) is 50.1 Å². The Morgan fingerprint density at radius 3 is 2.31 bits per heavy atom. The number of amides is 1. The summed E-state index contributed by atoms with van der Waals surface area (Å²) in [4.78, 5) is 37.5. The topological polar surface area (TPSA) is 130 Å². The van der Waals surface area contributed by atoms with E-state index >= 15 is 0 Å². The molecule has 11 nitrogen and oxygen atoms in total. The normalized spacial score (nSPS) is 14.1. The Balaban J connectivity index is 1.81. The number of anilines is 3. The van der Waals surface area contributed by atoms with E-state index in [9.17, 15) is 22.8 Å². The minimum Gasteiger partial charge on any atom is -0.465 e. The van der Waals surface area contributed by atoms with E-state index in [1.165, 1.54) is 36.3 Å². The first-order chi connectivity index (χ1) is 15.1. The van der Waals surface area contributed by atoms with Gasteiger partial charge in [-0.25, -0.2) is 9.59 Å². The van der Waals surface area contributed by atoms with Gasteiger partial charge in [0, 0.05) is 31.9 Å². The van der Waals surface area contributed by atoms with E-state index in [4.69, 9.17) is 5.11 Å². The van der Waals surface area contributed by atoms with Crippen molar-refractivity contribution in [2.45, 2.75) is 6.18 Å². The van der Waals surface area contributed by atoms with Crippen LogP contribution in [0.25, 0.3) is 0 Å². The highest BCUT2D eigenvalue weighted by Gasteiger charge is 2.30. The molecule has 3 rings (SSSR count). The summed E-state index contributed by atoms with van der Waals surface area (Å²) in [7, 11) is 1.25. The third-order valence-corrected chi connectivity index (χ3v) is 4.36. The molecule has 2 aromatic rings. The van der Waals surface area contributed by atoms with Crippen LogP contribution in [0.15, 0.2) is 24.3 Å². The fourth-order valence-corrected chi connectivity index (χ4v) is 2.79. The molecule has 0 bridgehead atoms. The SMILES string of the molecule is COC(=O)c1ccc(Nc2nc(OCC(F)(F)F)nc(N3CCN(C(=O)O)CC3)n2)cc1. The number of piperazine rings is 1. The molecule has 1 amide bonds. The molecule has 0 atom stereocenters. The van der Waals surface area contributed by atoms with Crippen molar-refractivity contribution in [3.63, 3.8) is 0 Å². The maximum atomic E-state index is 12.6. The fraction of sp³-hybridized carbons (Fsp3) is 0.389. The first kappa shape index (κ1) is 22.8. The van der Waals surface area contributed by atoms with Crippen LogP contribution in [0.2, 0.25) is 0 Å². The molecule has 14 heteroatoms. The van der Waals surface area contributed by atoms with E-state index in [1.807, 2.05) is 0 Å². The van der Waals surface area contributed by atoms with Crippen molar-refractivity contribution < 1.29 is 37.3 Å². The van der Waals surface area contributed by atoms with Gasteiger partial charge in [0.1, 0.15) is 0 Å². The number of hydrogen-bond acceptors (Lipinski definition) is 9. The fourth-order valence-electron chi connectivity index (χ4n) is 2.79. The third-order valence-electron chi connectivity index (χ3n) is 4.36. The number of halogens is 3. The van der Waals surface area contributed by atoms with Crippen LogP contribution in [-0.2, 0) is 4.74 Å². The number of nitrogens with zero attached hydrogens (tertiary/aromatic N) is 5. The standard InChI is InChI=1S/C18H19F3N6O5/c1-31-13(28)11-2-4-12(5-3-11)22-14-23-15(25-16(24-14)32-10-18(19,20)21)26-6-8-27(9-7-26)17(29)30/h2-5H,6-10H2,1H3,(H,29,30)(H,22,23,24,25). The molecule has 1 saturated heterocycles. The summed E-state index contributed by atoms with van der Waals surface area (Å²) in [5.74, 6) is -0.572. The predicted molar refractivity (Wildman–Crippen MR) is 104 cm³/mol. The number of carbonyl (C=O) groups is 2. The van der Waals surface area contributed by atoms with Gasteiger partial charge in [-0.3, -0.25) is 0 Å². The van der Waals surface area contributed by atoms with Crippen LogP contribution < -0.4 is 15.0 Å². The molecule has 0 saturated carbocycles. The summed E-state index contributed by atoms with van der Waals surface area (Å²) >= 11 is 0. The maximum absolute atomic E-state index is 12.6. The number of esters is 1. The van der Waals surface area contributed by atoms with E-state index in [-0.39, 0.29) is 38.1 Å². The summed E-state index contributed by atoms with van der Waals surface area (Å²) in [6.07, 6.45) is -5.65. The first-order valence-corrected chi connectivity index (χ1v) is 9.28. The maximum Gasteiger partial charge on any atom is 0.422 e. The zero-order chi connectivity index (χ0) is 23.3. The number of rotatable bonds is 6. The Morgan fingerprint density at radius 2 is 1.75 bits per heavy atom. The zero-order valence-electron chi connectivity index (χ0n) is 16.8. The van der Waals surface area contributed by atoms with Crippen LogP contribution in [0.3, 0.4) is 0 Å². The highest BCUT2D eigenvalue weighted by Crippen LogP contribution is 2.22. The van der Waals surface area contributed by atoms with E-state index in [0.29, 0.717) is 11.3 Å². The molecule has 32 heavy (non-hydrogen) atoms. The lowest BCUT2D eigenvalue weighted by atomic mass is 10.2. The average molecular weight is 456 g/mol. The molecule has 0 spiro atoms. The quantitative estimate of drug-likeness (QED) is 0.624. The molecule has 1 fully saturated rings. The second-order valence-electron chi connectivity index (χ2n) is 6.60. The molecule has 0 radical (unpaired) electrons. The number of methoxy groups -OCH3 is 1. The average Bonchev–Trinajstić information content (AvgIpc) is 2.77. The second kappa shape index (κ2) is 9.53. The van der Waals surface area contributed by atoms with Crippen LogP contribution in [0, 0.1) is 0 Å². The summed E-state index contributed by atoms with van der Waals surface area (Å²) in [6, 6.07) is 5.52. The van der Waals surface area contributed by atoms with E-state index in [1.54, 1.807) is 4.90 Å². The van der Waals surface area contributed by atoms with Gasteiger partial charge in [0.05, 0.1) is 12.7 Å². The molecule has 172 valence electrons. The molecule has 1 aliphatic heterocycles. The van der Waals surface area contributed by atoms with Crippen LogP contribution in [-0.4, -0.2) is 83.1 Å². The number of carboxylic acid groups (broad SMARTS) is 1. The van der Waals surface area contributed by atoms with Gasteiger partial charge in [-0.05, 0) is 24.3 Å². The van der Waals surface area contributed by atoms with Crippen LogP contribution in [0.1, 0.15) is 10.4 Å². The Bertz CT molecular complexity index is 965. The number of alkyl halides is 3.